The highest BCUT2D eigenvalue weighted by atomic mass is 79.9. The monoisotopic (exact) mass is 474 g/mol. The van der Waals surface area contributed by atoms with Crippen LogP contribution in [0.2, 0.25) is 0 Å². The molecule has 0 fully saturated rings. The molecule has 2 rings (SSSR count). The zero-order valence-electron chi connectivity index (χ0n) is 18.0. The lowest BCUT2D eigenvalue weighted by Crippen LogP contribution is -2.38. The molecule has 8 heteroatoms. The van der Waals surface area contributed by atoms with Crippen LogP contribution in [0.1, 0.15) is 36.2 Å². The normalized spacial score (nSPS) is 15.2. The summed E-state index contributed by atoms with van der Waals surface area (Å²) in [6.45, 7) is 9.54. The van der Waals surface area contributed by atoms with E-state index >= 15 is 0 Å². The van der Waals surface area contributed by atoms with Gasteiger partial charge in [0.25, 0.3) is 11.8 Å². The molecule has 1 atom stereocenters. The fourth-order valence-corrected chi connectivity index (χ4v) is 3.56. The van der Waals surface area contributed by atoms with E-state index in [0.29, 0.717) is 33.7 Å². The molecule has 1 N–H and O–H groups in total. The first kappa shape index (κ1) is 23.5. The van der Waals surface area contributed by atoms with E-state index in [-0.39, 0.29) is 30.2 Å². The molecule has 1 aromatic rings. The molecule has 1 aliphatic heterocycles. The predicted molar refractivity (Wildman–Crippen MR) is 123 cm³/mol. The van der Waals surface area contributed by atoms with Crippen LogP contribution >= 0.6 is 15.9 Å². The predicted octanol–water partition coefficient (Wildman–Crippen LogP) is 3.40. The second kappa shape index (κ2) is 9.84. The van der Waals surface area contributed by atoms with Crippen LogP contribution in [0.15, 0.2) is 46.0 Å². The second-order valence-electron chi connectivity index (χ2n) is 7.33. The summed E-state index contributed by atoms with van der Waals surface area (Å²) in [4.78, 5) is 45.1. The number of hydrogen-bond donors (Lipinski definition) is 1. The fraction of sp³-hybridized carbons (Fsp3) is 0.364. The number of rotatable bonds is 6. The number of halogens is 1. The number of nitrogens with one attached hydrogen (secondary N) is 1. The number of anilines is 1. The number of allylic oxidation sites excluding steroid dienone is 1. The Kier molecular flexibility index (Phi) is 7.72. The fourth-order valence-electron chi connectivity index (χ4n) is 3.12. The number of benzene rings is 1. The van der Waals surface area contributed by atoms with E-state index in [0.717, 1.165) is 5.56 Å². The van der Waals surface area contributed by atoms with Gasteiger partial charge in [0.15, 0.2) is 0 Å². The lowest BCUT2D eigenvalue weighted by Gasteiger charge is -2.24. The minimum absolute atomic E-state index is 0.0266. The van der Waals surface area contributed by atoms with Crippen LogP contribution in [0.5, 0.6) is 0 Å². The van der Waals surface area contributed by atoms with Gasteiger partial charge in [0.1, 0.15) is 5.84 Å². The minimum Gasteiger partial charge on any atom is -0.351 e. The van der Waals surface area contributed by atoms with Gasteiger partial charge in [-0.15, -0.1) is 0 Å². The molecular formula is C22H27BrN4O3. The average molecular weight is 475 g/mol. The van der Waals surface area contributed by atoms with Crippen molar-refractivity contribution in [2.75, 3.05) is 25.5 Å². The van der Waals surface area contributed by atoms with E-state index in [1.165, 1.54) is 9.80 Å². The Morgan fingerprint density at radius 1 is 1.30 bits per heavy atom. The number of aliphatic imine (C=N–C) groups is 1. The Morgan fingerprint density at radius 3 is 2.57 bits per heavy atom. The third-order valence-corrected chi connectivity index (χ3v) is 5.40. The number of hydrogen-bond acceptors (Lipinski definition) is 4. The molecule has 7 nitrogen and oxygen atoms in total. The zero-order chi connectivity index (χ0) is 22.6. The van der Waals surface area contributed by atoms with Gasteiger partial charge < -0.3 is 10.2 Å². The van der Waals surface area contributed by atoms with Gasteiger partial charge in [0.2, 0.25) is 5.91 Å². The summed E-state index contributed by atoms with van der Waals surface area (Å²) in [5, 5.41) is 2.83. The van der Waals surface area contributed by atoms with Crippen molar-refractivity contribution in [3.63, 3.8) is 0 Å². The van der Waals surface area contributed by atoms with Gasteiger partial charge >= 0.3 is 0 Å². The van der Waals surface area contributed by atoms with Gasteiger partial charge in [0.05, 0.1) is 21.8 Å². The minimum atomic E-state index is -0.308. The molecule has 1 unspecified atom stereocenters. The topological polar surface area (TPSA) is 82.1 Å². The van der Waals surface area contributed by atoms with Crippen molar-refractivity contribution in [3.8, 4) is 0 Å². The lowest BCUT2D eigenvalue weighted by atomic mass is 10.0. The molecule has 30 heavy (non-hydrogen) atoms. The van der Waals surface area contributed by atoms with Crippen LogP contribution in [0.3, 0.4) is 0 Å². The molecule has 1 aromatic carbocycles. The van der Waals surface area contributed by atoms with E-state index < -0.39 is 0 Å². The van der Waals surface area contributed by atoms with Crippen molar-refractivity contribution in [2.24, 2.45) is 10.9 Å². The smallest absolute Gasteiger partial charge is 0.270 e. The van der Waals surface area contributed by atoms with Crippen molar-refractivity contribution < 1.29 is 14.4 Å². The largest absolute Gasteiger partial charge is 0.351 e. The van der Waals surface area contributed by atoms with Crippen LogP contribution in [0.4, 0.5) is 5.69 Å². The first-order valence-corrected chi connectivity index (χ1v) is 10.4. The summed E-state index contributed by atoms with van der Waals surface area (Å²) in [7, 11) is 3.39. The van der Waals surface area contributed by atoms with Gasteiger partial charge in [-0.05, 0) is 60.0 Å². The Bertz CT molecular complexity index is 950. The first-order valence-electron chi connectivity index (χ1n) is 9.62. The second-order valence-corrected chi connectivity index (χ2v) is 8.19. The van der Waals surface area contributed by atoms with E-state index in [1.807, 2.05) is 13.8 Å². The Hall–Kier alpha value is -2.74. The molecule has 160 valence electrons. The van der Waals surface area contributed by atoms with Crippen LogP contribution in [-0.4, -0.2) is 49.1 Å². The van der Waals surface area contributed by atoms with Crippen LogP contribution in [-0.2, 0) is 9.59 Å². The van der Waals surface area contributed by atoms with Crippen molar-refractivity contribution in [2.45, 2.75) is 27.2 Å². The molecule has 0 aromatic heterocycles. The molecule has 0 aliphatic carbocycles. The van der Waals surface area contributed by atoms with E-state index in [2.05, 4.69) is 32.8 Å². The van der Waals surface area contributed by atoms with Crippen LogP contribution in [0.25, 0.3) is 0 Å². The summed E-state index contributed by atoms with van der Waals surface area (Å²) < 4.78 is 0.329. The standard InChI is InChI=1S/C22H27BrN4O3/c1-7-16(21(29)26(5)6)12-24-20(28)17-9-8-13(2)19(11-17)27-15(4)25-14(3)10-18(23)22(27)30/h8-11,16H,3,7,12H2,1-2,4-6H3,(H,24,28). The zero-order valence-corrected chi connectivity index (χ0v) is 19.5. The Balaban J connectivity index is 2.30. The van der Waals surface area contributed by atoms with Crippen LogP contribution < -0.4 is 10.2 Å². The van der Waals surface area contributed by atoms with Gasteiger partial charge in [-0.2, -0.15) is 0 Å². The molecule has 0 bridgehead atoms. The number of carbonyl (C=O) groups excluding carboxylic acids is 3. The Labute approximate surface area is 185 Å². The maximum atomic E-state index is 12.9. The maximum absolute atomic E-state index is 12.9. The number of amidine groups is 1. The van der Waals surface area contributed by atoms with Gasteiger partial charge in [-0.25, -0.2) is 4.99 Å². The van der Waals surface area contributed by atoms with Crippen molar-refractivity contribution in [3.05, 3.63) is 52.2 Å². The van der Waals surface area contributed by atoms with Crippen molar-refractivity contribution in [1.29, 1.82) is 0 Å². The van der Waals surface area contributed by atoms with E-state index in [1.54, 1.807) is 45.3 Å². The van der Waals surface area contributed by atoms with Gasteiger partial charge in [0, 0.05) is 26.2 Å². The number of carbonyl (C=O) groups is 3. The number of aryl methyl sites for hydroxylation is 1. The molecule has 0 spiro atoms. The molecule has 1 aliphatic rings. The molecule has 3 amide bonds. The third kappa shape index (κ3) is 5.24. The van der Waals surface area contributed by atoms with Gasteiger partial charge in [-0.3, -0.25) is 19.3 Å². The van der Waals surface area contributed by atoms with Crippen LogP contribution in [0, 0.1) is 12.8 Å². The van der Waals surface area contributed by atoms with E-state index in [9.17, 15) is 14.4 Å². The summed E-state index contributed by atoms with van der Waals surface area (Å²) in [6.07, 6.45) is 2.18. The highest BCUT2D eigenvalue weighted by Gasteiger charge is 2.26. The van der Waals surface area contributed by atoms with E-state index in [4.69, 9.17) is 0 Å². The maximum Gasteiger partial charge on any atom is 0.270 e. The SMILES string of the molecule is C=C1C=C(Br)C(=O)N(c2cc(C(=O)NCC(CC)C(=O)N(C)C)ccc2C)C(C)=N1. The average Bonchev–Trinajstić information content (AvgIpc) is 2.77. The van der Waals surface area contributed by atoms with Crippen molar-refractivity contribution in [1.82, 2.24) is 10.2 Å². The molecular weight excluding hydrogens is 448 g/mol. The summed E-state index contributed by atoms with van der Waals surface area (Å²) in [6, 6.07) is 5.14. The summed E-state index contributed by atoms with van der Waals surface area (Å²) in [5.41, 5.74) is 2.23. The number of amides is 3. The quantitative estimate of drug-likeness (QED) is 0.685. The highest BCUT2D eigenvalue weighted by molar-refractivity contribution is 9.12. The highest BCUT2D eigenvalue weighted by Crippen LogP contribution is 2.28. The summed E-state index contributed by atoms with van der Waals surface area (Å²) in [5.74, 6) is -0.460. The molecule has 0 saturated carbocycles. The third-order valence-electron chi connectivity index (χ3n) is 4.83. The molecule has 0 saturated heterocycles. The van der Waals surface area contributed by atoms with Crippen molar-refractivity contribution >= 4 is 45.2 Å². The number of nitrogens with zero attached hydrogens (tertiary/aromatic N) is 3. The lowest BCUT2D eigenvalue weighted by molar-refractivity contribution is -0.132. The summed E-state index contributed by atoms with van der Waals surface area (Å²) >= 11 is 3.28. The van der Waals surface area contributed by atoms with Gasteiger partial charge in [-0.1, -0.05) is 19.6 Å². The first-order chi connectivity index (χ1) is 14.1. The molecule has 1 heterocycles. The molecule has 0 radical (unpaired) electrons. The Morgan fingerprint density at radius 2 is 1.97 bits per heavy atom.